The number of nitrogens with one attached hydrogen (secondary N) is 1. The van der Waals surface area contributed by atoms with Gasteiger partial charge in [0, 0.05) is 37.8 Å². The van der Waals surface area contributed by atoms with E-state index in [4.69, 9.17) is 5.14 Å². The van der Waals surface area contributed by atoms with Gasteiger partial charge in [-0.25, -0.2) is 18.7 Å². The fraction of sp³-hybridized carbons (Fsp3) is 0.421. The minimum Gasteiger partial charge on any atom is -0.356 e. The van der Waals surface area contributed by atoms with Gasteiger partial charge in [0.15, 0.2) is 0 Å². The summed E-state index contributed by atoms with van der Waals surface area (Å²) in [5, 5.41) is 8.35. The summed E-state index contributed by atoms with van der Waals surface area (Å²) in [4.78, 5) is 22.3. The predicted molar refractivity (Wildman–Crippen MR) is 107 cm³/mol. The molecule has 31 heavy (non-hydrogen) atoms. The SMILES string of the molecule is Cc1nc(N2CCCC(F)(F)CC2)c(C(=O)Nc2ccnc(SN)c2)cc1C(F)(F)F. The molecule has 0 aliphatic carbocycles. The molecular formula is C19H20F5N5OS. The highest BCUT2D eigenvalue weighted by Gasteiger charge is 2.37. The zero-order chi connectivity index (χ0) is 22.8. The van der Waals surface area contributed by atoms with Gasteiger partial charge < -0.3 is 10.2 Å². The minimum absolute atomic E-state index is 0.0526. The summed E-state index contributed by atoms with van der Waals surface area (Å²) in [7, 11) is 0. The van der Waals surface area contributed by atoms with E-state index in [0.717, 1.165) is 18.0 Å². The van der Waals surface area contributed by atoms with Crippen molar-refractivity contribution >= 4 is 29.4 Å². The number of anilines is 2. The Hall–Kier alpha value is -2.47. The summed E-state index contributed by atoms with van der Waals surface area (Å²) < 4.78 is 67.9. The predicted octanol–water partition coefficient (Wildman–Crippen LogP) is 4.65. The van der Waals surface area contributed by atoms with E-state index in [1.165, 1.54) is 30.2 Å². The Kier molecular flexibility index (Phi) is 6.70. The van der Waals surface area contributed by atoms with Gasteiger partial charge in [-0.05, 0) is 43.5 Å². The number of rotatable bonds is 4. The first kappa shape index (κ1) is 23.2. The highest BCUT2D eigenvalue weighted by atomic mass is 32.2. The fourth-order valence-electron chi connectivity index (χ4n) is 3.31. The number of carbonyl (C=O) groups is 1. The molecule has 3 N–H and O–H groups in total. The van der Waals surface area contributed by atoms with E-state index in [1.54, 1.807) is 0 Å². The maximum Gasteiger partial charge on any atom is 0.418 e. The second kappa shape index (κ2) is 8.95. The number of nitrogens with two attached hydrogens (primary N) is 1. The molecule has 1 fully saturated rings. The molecule has 12 heteroatoms. The fourth-order valence-corrected chi connectivity index (χ4v) is 3.63. The monoisotopic (exact) mass is 461 g/mol. The lowest BCUT2D eigenvalue weighted by Crippen LogP contribution is -2.30. The van der Waals surface area contributed by atoms with E-state index in [0.29, 0.717) is 5.03 Å². The van der Waals surface area contributed by atoms with Crippen LogP contribution in [0.15, 0.2) is 29.4 Å². The number of amides is 1. The van der Waals surface area contributed by atoms with E-state index in [-0.39, 0.29) is 48.7 Å². The number of hydrogen-bond acceptors (Lipinski definition) is 6. The molecule has 3 rings (SSSR count). The summed E-state index contributed by atoms with van der Waals surface area (Å²) in [5.41, 5.74) is -1.47. The van der Waals surface area contributed by atoms with Crippen LogP contribution in [-0.4, -0.2) is 34.9 Å². The molecule has 168 valence electrons. The van der Waals surface area contributed by atoms with Crippen molar-refractivity contribution in [1.82, 2.24) is 9.97 Å². The highest BCUT2D eigenvalue weighted by molar-refractivity contribution is 7.97. The molecule has 0 bridgehead atoms. The average molecular weight is 461 g/mol. The van der Waals surface area contributed by atoms with Crippen LogP contribution in [0.1, 0.15) is 40.9 Å². The molecule has 3 heterocycles. The molecule has 1 saturated heterocycles. The van der Waals surface area contributed by atoms with E-state index >= 15 is 0 Å². The summed E-state index contributed by atoms with van der Waals surface area (Å²) in [5.74, 6) is -3.77. The quantitative estimate of drug-likeness (QED) is 0.510. The second-order valence-corrected chi connectivity index (χ2v) is 7.80. The number of pyridine rings is 2. The number of aromatic nitrogens is 2. The van der Waals surface area contributed by atoms with Gasteiger partial charge in [0.2, 0.25) is 5.92 Å². The first-order chi connectivity index (χ1) is 14.5. The maximum absolute atomic E-state index is 13.8. The van der Waals surface area contributed by atoms with Crippen LogP contribution >= 0.6 is 11.9 Å². The van der Waals surface area contributed by atoms with Gasteiger partial charge in [-0.1, -0.05) is 0 Å². The van der Waals surface area contributed by atoms with Gasteiger partial charge in [-0.3, -0.25) is 9.93 Å². The van der Waals surface area contributed by atoms with Crippen molar-refractivity contribution in [3.63, 3.8) is 0 Å². The van der Waals surface area contributed by atoms with Crippen LogP contribution in [-0.2, 0) is 6.18 Å². The Labute approximate surface area is 179 Å². The molecular weight excluding hydrogens is 441 g/mol. The second-order valence-electron chi connectivity index (χ2n) is 7.14. The van der Waals surface area contributed by atoms with Gasteiger partial charge in [-0.2, -0.15) is 13.2 Å². The molecule has 1 aliphatic heterocycles. The van der Waals surface area contributed by atoms with Crippen molar-refractivity contribution in [1.29, 1.82) is 0 Å². The smallest absolute Gasteiger partial charge is 0.356 e. The van der Waals surface area contributed by atoms with Crippen LogP contribution in [0.5, 0.6) is 0 Å². The first-order valence-corrected chi connectivity index (χ1v) is 10.2. The van der Waals surface area contributed by atoms with E-state index < -0.39 is 30.0 Å². The molecule has 0 aromatic carbocycles. The van der Waals surface area contributed by atoms with Gasteiger partial charge in [0.25, 0.3) is 5.91 Å². The number of halogens is 5. The van der Waals surface area contributed by atoms with Gasteiger partial charge in [-0.15, -0.1) is 0 Å². The lowest BCUT2D eigenvalue weighted by molar-refractivity contribution is -0.138. The number of aryl methyl sites for hydroxylation is 1. The van der Waals surface area contributed by atoms with Crippen molar-refractivity contribution in [2.75, 3.05) is 23.3 Å². The molecule has 0 saturated carbocycles. The van der Waals surface area contributed by atoms with Gasteiger partial charge >= 0.3 is 6.18 Å². The Morgan fingerprint density at radius 3 is 2.68 bits per heavy atom. The van der Waals surface area contributed by atoms with Crippen LogP contribution < -0.4 is 15.4 Å². The van der Waals surface area contributed by atoms with Gasteiger partial charge in [0.1, 0.15) is 10.8 Å². The Bertz CT molecular complexity index is 969. The van der Waals surface area contributed by atoms with Crippen LogP contribution in [0, 0.1) is 6.92 Å². The lowest BCUT2D eigenvalue weighted by Gasteiger charge is -2.25. The van der Waals surface area contributed by atoms with Crippen LogP contribution in [0.4, 0.5) is 33.5 Å². The summed E-state index contributed by atoms with van der Waals surface area (Å²) in [6, 6.07) is 3.63. The third-order valence-electron chi connectivity index (χ3n) is 4.87. The number of nitrogens with zero attached hydrogens (tertiary/aromatic N) is 3. The number of alkyl halides is 5. The van der Waals surface area contributed by atoms with E-state index in [2.05, 4.69) is 15.3 Å². The Morgan fingerprint density at radius 2 is 2.00 bits per heavy atom. The minimum atomic E-state index is -4.73. The molecule has 1 aliphatic rings. The zero-order valence-corrected chi connectivity index (χ0v) is 17.3. The topological polar surface area (TPSA) is 84.1 Å². The Morgan fingerprint density at radius 1 is 1.26 bits per heavy atom. The van der Waals surface area contributed by atoms with Crippen molar-refractivity contribution in [3.8, 4) is 0 Å². The molecule has 0 unspecified atom stereocenters. The molecule has 2 aromatic heterocycles. The third-order valence-corrected chi connectivity index (χ3v) is 5.34. The van der Waals surface area contributed by atoms with Crippen molar-refractivity contribution in [2.45, 2.75) is 43.3 Å². The maximum atomic E-state index is 13.8. The van der Waals surface area contributed by atoms with E-state index in [9.17, 15) is 26.7 Å². The normalized spacial score (nSPS) is 16.7. The van der Waals surface area contributed by atoms with Crippen LogP contribution in [0.3, 0.4) is 0 Å². The summed E-state index contributed by atoms with van der Waals surface area (Å²) in [6.45, 7) is 1.19. The first-order valence-electron chi connectivity index (χ1n) is 9.36. The zero-order valence-electron chi connectivity index (χ0n) is 16.5. The van der Waals surface area contributed by atoms with Crippen molar-refractivity contribution in [3.05, 3.63) is 41.2 Å². The van der Waals surface area contributed by atoms with Crippen molar-refractivity contribution < 1.29 is 26.7 Å². The highest BCUT2D eigenvalue weighted by Crippen LogP contribution is 2.36. The van der Waals surface area contributed by atoms with Gasteiger partial charge in [0.05, 0.1) is 16.8 Å². The van der Waals surface area contributed by atoms with Crippen LogP contribution in [0.2, 0.25) is 0 Å². The molecule has 6 nitrogen and oxygen atoms in total. The van der Waals surface area contributed by atoms with Crippen LogP contribution in [0.25, 0.3) is 0 Å². The number of hydrogen-bond donors (Lipinski definition) is 2. The Balaban J connectivity index is 2.01. The largest absolute Gasteiger partial charge is 0.418 e. The molecule has 0 radical (unpaired) electrons. The molecule has 1 amide bonds. The summed E-state index contributed by atoms with van der Waals surface area (Å²) in [6.07, 6.45) is -4.02. The third kappa shape index (κ3) is 5.62. The lowest BCUT2D eigenvalue weighted by atomic mass is 10.1. The van der Waals surface area contributed by atoms with Crippen molar-refractivity contribution in [2.24, 2.45) is 5.14 Å². The molecule has 2 aromatic rings. The summed E-state index contributed by atoms with van der Waals surface area (Å²) >= 11 is 0.839. The standard InChI is InChI=1S/C19H20F5N5OS/c1-11-14(19(22,23)24)10-13(17(30)28-12-3-6-26-15(9-12)31-25)16(27-11)29-7-2-4-18(20,21)5-8-29/h3,6,9-10H,2,4-5,7-8,25H2,1H3,(H,26,28,30). The number of carbonyl (C=O) groups excluding carboxylic acids is 1. The molecule has 0 atom stereocenters. The molecule has 0 spiro atoms. The average Bonchev–Trinajstić information content (AvgIpc) is 2.87. The van der Waals surface area contributed by atoms with E-state index in [1.807, 2.05) is 0 Å².